The first-order valence-corrected chi connectivity index (χ1v) is 8.74. The van der Waals surface area contributed by atoms with Gasteiger partial charge in [0.2, 0.25) is 0 Å². The third-order valence-electron chi connectivity index (χ3n) is 4.62. The summed E-state index contributed by atoms with van der Waals surface area (Å²) in [6.45, 7) is 1.81. The fraction of sp³-hybridized carbons (Fsp3) is 0.316. The minimum atomic E-state index is -2.19. The van der Waals surface area contributed by atoms with Crippen molar-refractivity contribution in [1.82, 2.24) is 4.98 Å². The van der Waals surface area contributed by atoms with E-state index >= 15 is 4.39 Å². The van der Waals surface area contributed by atoms with Gasteiger partial charge in [-0.2, -0.15) is 0 Å². The van der Waals surface area contributed by atoms with Crippen molar-refractivity contribution in [2.75, 3.05) is 0 Å². The van der Waals surface area contributed by atoms with Gasteiger partial charge in [0, 0.05) is 41.1 Å². The molecule has 1 aromatic heterocycles. The lowest BCUT2D eigenvalue weighted by Crippen LogP contribution is -2.37. The highest BCUT2D eigenvalue weighted by atomic mass is 35.5. The number of ketones is 2. The Bertz CT molecular complexity index is 855. The molecule has 0 radical (unpaired) electrons. The van der Waals surface area contributed by atoms with E-state index in [1.54, 1.807) is 24.3 Å². The van der Waals surface area contributed by atoms with Crippen LogP contribution in [0.1, 0.15) is 53.7 Å². The molecule has 0 saturated carbocycles. The smallest absolute Gasteiger partial charge is 0.196 e. The highest BCUT2D eigenvalue weighted by Gasteiger charge is 2.46. The summed E-state index contributed by atoms with van der Waals surface area (Å²) in [4.78, 5) is 28.7. The quantitative estimate of drug-likeness (QED) is 0.724. The van der Waals surface area contributed by atoms with E-state index in [1.165, 1.54) is 12.3 Å². The van der Waals surface area contributed by atoms with Crippen molar-refractivity contribution in [1.29, 1.82) is 0 Å². The zero-order valence-corrected chi connectivity index (χ0v) is 15.1. The number of carbonyl (C=O) groups excluding carboxylic acids is 2. The van der Waals surface area contributed by atoms with E-state index in [0.29, 0.717) is 10.0 Å². The van der Waals surface area contributed by atoms with E-state index in [0.717, 1.165) is 5.56 Å². The molecule has 0 unspecified atom stereocenters. The first-order chi connectivity index (χ1) is 11.8. The number of alkyl halides is 1. The molecule has 6 heteroatoms. The van der Waals surface area contributed by atoms with Gasteiger partial charge in [0.25, 0.3) is 0 Å². The fourth-order valence-electron chi connectivity index (χ4n) is 3.23. The molecule has 1 aliphatic rings. The number of hydrogen-bond acceptors (Lipinski definition) is 3. The van der Waals surface area contributed by atoms with E-state index in [2.05, 4.69) is 4.98 Å². The van der Waals surface area contributed by atoms with E-state index in [4.69, 9.17) is 23.2 Å². The molecule has 2 aromatic rings. The topological polar surface area (TPSA) is 47.0 Å². The van der Waals surface area contributed by atoms with Crippen LogP contribution < -0.4 is 0 Å². The van der Waals surface area contributed by atoms with Crippen LogP contribution >= 0.6 is 23.2 Å². The van der Waals surface area contributed by atoms with Crippen LogP contribution in [0.15, 0.2) is 36.5 Å². The Kier molecular flexibility index (Phi) is 4.94. The molecule has 3 rings (SSSR count). The van der Waals surface area contributed by atoms with Crippen LogP contribution in [0.2, 0.25) is 10.0 Å². The molecule has 1 heterocycles. The summed E-state index contributed by atoms with van der Waals surface area (Å²) in [5.41, 5.74) is -1.32. The predicted octanol–water partition coefficient (Wildman–Crippen LogP) is 5.29. The SMILES string of the molecule is C[C@@H](CC(=O)[C@]1(F)CCC(=O)c2ncccc21)c1ccc(Cl)cc1Cl. The second-order valence-corrected chi connectivity index (χ2v) is 7.16. The molecule has 3 nitrogen and oxygen atoms in total. The Hall–Kier alpha value is -1.78. The highest BCUT2D eigenvalue weighted by molar-refractivity contribution is 6.35. The summed E-state index contributed by atoms with van der Waals surface area (Å²) in [6.07, 6.45) is 1.23. The molecule has 2 atom stereocenters. The minimum absolute atomic E-state index is 0.0255. The summed E-state index contributed by atoms with van der Waals surface area (Å²) >= 11 is 12.1. The van der Waals surface area contributed by atoms with Crippen LogP contribution in [0.3, 0.4) is 0 Å². The summed E-state index contributed by atoms with van der Waals surface area (Å²) in [5, 5.41) is 0.946. The molecule has 130 valence electrons. The van der Waals surface area contributed by atoms with Gasteiger partial charge in [-0.3, -0.25) is 14.6 Å². The van der Waals surface area contributed by atoms with Crippen LogP contribution in [0.25, 0.3) is 0 Å². The molecular formula is C19H16Cl2FNO2. The minimum Gasteiger partial charge on any atom is -0.296 e. The van der Waals surface area contributed by atoms with E-state index in [-0.39, 0.29) is 42.2 Å². The van der Waals surface area contributed by atoms with Gasteiger partial charge in [-0.1, -0.05) is 42.3 Å². The zero-order chi connectivity index (χ0) is 18.2. The van der Waals surface area contributed by atoms with Gasteiger partial charge in [-0.15, -0.1) is 0 Å². The number of hydrogen-bond donors (Lipinski definition) is 0. The highest BCUT2D eigenvalue weighted by Crippen LogP contribution is 2.41. The van der Waals surface area contributed by atoms with E-state index in [1.807, 2.05) is 6.92 Å². The van der Waals surface area contributed by atoms with Crippen molar-refractivity contribution < 1.29 is 14.0 Å². The number of fused-ring (bicyclic) bond motifs is 1. The van der Waals surface area contributed by atoms with Crippen molar-refractivity contribution in [3.05, 3.63) is 63.4 Å². The van der Waals surface area contributed by atoms with Gasteiger partial charge in [0.15, 0.2) is 17.2 Å². The number of carbonyl (C=O) groups is 2. The monoisotopic (exact) mass is 379 g/mol. The third kappa shape index (κ3) is 3.33. The number of aromatic nitrogens is 1. The van der Waals surface area contributed by atoms with Gasteiger partial charge >= 0.3 is 0 Å². The lowest BCUT2D eigenvalue weighted by atomic mass is 9.77. The maximum Gasteiger partial charge on any atom is 0.196 e. The van der Waals surface area contributed by atoms with Crippen molar-refractivity contribution in [2.24, 2.45) is 0 Å². The number of halogens is 3. The maximum atomic E-state index is 15.6. The number of rotatable bonds is 4. The van der Waals surface area contributed by atoms with Gasteiger partial charge in [-0.25, -0.2) is 4.39 Å². The van der Waals surface area contributed by atoms with Gasteiger partial charge in [-0.05, 0) is 29.7 Å². The fourth-order valence-corrected chi connectivity index (χ4v) is 3.82. The van der Waals surface area contributed by atoms with Crippen LogP contribution in [0.4, 0.5) is 4.39 Å². The Morgan fingerprint density at radius 2 is 2.12 bits per heavy atom. The second kappa shape index (κ2) is 6.85. The molecule has 0 spiro atoms. The molecule has 0 bridgehead atoms. The first kappa shape index (κ1) is 18.0. The Morgan fingerprint density at radius 1 is 1.36 bits per heavy atom. The van der Waals surface area contributed by atoms with Crippen molar-refractivity contribution >= 4 is 34.8 Å². The van der Waals surface area contributed by atoms with Gasteiger partial charge in [0.1, 0.15) is 5.69 Å². The lowest BCUT2D eigenvalue weighted by Gasteiger charge is -2.30. The summed E-state index contributed by atoms with van der Waals surface area (Å²) in [5.74, 6) is -1.07. The summed E-state index contributed by atoms with van der Waals surface area (Å²) in [7, 11) is 0. The molecule has 1 aromatic carbocycles. The second-order valence-electron chi connectivity index (χ2n) is 6.32. The Labute approximate surface area is 155 Å². The predicted molar refractivity (Wildman–Crippen MR) is 95.1 cm³/mol. The van der Waals surface area contributed by atoms with E-state index in [9.17, 15) is 9.59 Å². The Balaban J connectivity index is 1.88. The standard InChI is InChI=1S/C19H16Cl2FNO2/c1-11(13-5-4-12(20)10-15(13)21)9-17(25)19(22)7-6-16(24)18-14(19)3-2-8-23-18/h2-5,8,10-11H,6-7,9H2,1H3/t11-,19-/m0/s1. The van der Waals surface area contributed by atoms with Crippen LogP contribution in [-0.4, -0.2) is 16.6 Å². The first-order valence-electron chi connectivity index (χ1n) is 7.99. The third-order valence-corrected chi connectivity index (χ3v) is 5.18. The van der Waals surface area contributed by atoms with Crippen LogP contribution in [0.5, 0.6) is 0 Å². The zero-order valence-electron chi connectivity index (χ0n) is 13.6. The number of benzene rings is 1. The summed E-state index contributed by atoms with van der Waals surface area (Å²) < 4.78 is 15.6. The van der Waals surface area contributed by atoms with Crippen molar-refractivity contribution in [3.63, 3.8) is 0 Å². The molecule has 0 amide bonds. The number of Topliss-reactive ketones (excluding diaryl/α,β-unsaturated/α-hetero) is 2. The van der Waals surface area contributed by atoms with E-state index < -0.39 is 11.5 Å². The van der Waals surface area contributed by atoms with Crippen molar-refractivity contribution in [2.45, 2.75) is 37.8 Å². The number of nitrogens with zero attached hydrogens (tertiary/aromatic N) is 1. The van der Waals surface area contributed by atoms with Gasteiger partial charge < -0.3 is 0 Å². The average molecular weight is 380 g/mol. The van der Waals surface area contributed by atoms with Crippen LogP contribution in [-0.2, 0) is 10.5 Å². The summed E-state index contributed by atoms with van der Waals surface area (Å²) in [6, 6.07) is 8.04. The number of pyridine rings is 1. The van der Waals surface area contributed by atoms with Crippen LogP contribution in [0, 0.1) is 0 Å². The molecule has 1 aliphatic carbocycles. The molecule has 0 fully saturated rings. The maximum absolute atomic E-state index is 15.6. The molecule has 0 N–H and O–H groups in total. The van der Waals surface area contributed by atoms with Crippen molar-refractivity contribution in [3.8, 4) is 0 Å². The van der Waals surface area contributed by atoms with Gasteiger partial charge in [0.05, 0.1) is 0 Å². The molecule has 25 heavy (non-hydrogen) atoms. The molecule has 0 aliphatic heterocycles. The normalized spacial score (nSPS) is 20.9. The average Bonchev–Trinajstić information content (AvgIpc) is 2.58. The molecular weight excluding hydrogens is 364 g/mol. The lowest BCUT2D eigenvalue weighted by molar-refractivity contribution is -0.132. The molecule has 0 saturated heterocycles. The largest absolute Gasteiger partial charge is 0.296 e. The Morgan fingerprint density at radius 3 is 2.84 bits per heavy atom.